The lowest BCUT2D eigenvalue weighted by Gasteiger charge is -2.20. The molecule has 4 heteroatoms. The van der Waals surface area contributed by atoms with Crippen LogP contribution in [0.15, 0.2) is 18.2 Å². The largest absolute Gasteiger partial charge is 0.389 e. The molecule has 19 heavy (non-hydrogen) atoms. The Labute approximate surface area is 122 Å². The average Bonchev–Trinajstić information content (AvgIpc) is 2.37. The second-order valence-electron chi connectivity index (χ2n) is 4.75. The highest BCUT2D eigenvalue weighted by atomic mass is 32.1. The van der Waals surface area contributed by atoms with E-state index in [1.54, 1.807) is 0 Å². The summed E-state index contributed by atoms with van der Waals surface area (Å²) in [6.07, 6.45) is 1.20. The first-order valence-corrected chi connectivity index (χ1v) is 7.36. The quantitative estimate of drug-likeness (QED) is 0.718. The van der Waals surface area contributed by atoms with Crippen molar-refractivity contribution in [3.8, 4) is 0 Å². The molecule has 0 bridgehead atoms. The van der Waals surface area contributed by atoms with Gasteiger partial charge in [-0.15, -0.1) is 0 Å². The minimum atomic E-state index is 0.462. The molecule has 3 N–H and O–H groups in total. The van der Waals surface area contributed by atoms with E-state index >= 15 is 0 Å². The van der Waals surface area contributed by atoms with Gasteiger partial charge in [0, 0.05) is 24.3 Å². The van der Waals surface area contributed by atoms with Gasteiger partial charge in [0.05, 0.1) is 0 Å². The van der Waals surface area contributed by atoms with E-state index < -0.39 is 0 Å². The molecule has 0 aromatic heterocycles. The molecule has 1 aromatic rings. The maximum atomic E-state index is 5.66. The predicted molar refractivity (Wildman–Crippen MR) is 88.0 cm³/mol. The minimum Gasteiger partial charge on any atom is -0.389 e. The van der Waals surface area contributed by atoms with Crippen LogP contribution < -0.4 is 11.1 Å². The van der Waals surface area contributed by atoms with Gasteiger partial charge in [-0.05, 0) is 50.2 Å². The molecule has 0 aliphatic heterocycles. The van der Waals surface area contributed by atoms with Gasteiger partial charge in [-0.2, -0.15) is 0 Å². The molecule has 0 amide bonds. The highest BCUT2D eigenvalue weighted by Gasteiger charge is 2.03. The molecule has 1 rings (SSSR count). The third-order valence-electron chi connectivity index (χ3n) is 3.24. The van der Waals surface area contributed by atoms with Gasteiger partial charge in [0.2, 0.25) is 0 Å². The van der Waals surface area contributed by atoms with Crippen molar-refractivity contribution in [2.75, 3.05) is 31.5 Å². The van der Waals surface area contributed by atoms with E-state index in [-0.39, 0.29) is 0 Å². The summed E-state index contributed by atoms with van der Waals surface area (Å²) < 4.78 is 0. The van der Waals surface area contributed by atoms with Gasteiger partial charge in [-0.1, -0.05) is 26.1 Å². The molecule has 0 spiro atoms. The van der Waals surface area contributed by atoms with E-state index in [0.717, 1.165) is 43.0 Å². The minimum absolute atomic E-state index is 0.462. The molecule has 0 fully saturated rings. The molecule has 106 valence electrons. The summed E-state index contributed by atoms with van der Waals surface area (Å²) in [5.74, 6) is 0. The summed E-state index contributed by atoms with van der Waals surface area (Å²) in [5, 5.41) is 3.45. The lowest BCUT2D eigenvalue weighted by molar-refractivity contribution is 0.300. The summed E-state index contributed by atoms with van der Waals surface area (Å²) in [6, 6.07) is 6.13. The third kappa shape index (κ3) is 5.17. The molecule has 0 aliphatic carbocycles. The normalized spacial score (nSPS) is 10.7. The number of thiocarbonyl (C=S) groups is 1. The lowest BCUT2D eigenvalue weighted by atomic mass is 10.1. The first kappa shape index (κ1) is 15.9. The maximum Gasteiger partial charge on any atom is 0.104 e. The van der Waals surface area contributed by atoms with Crippen LogP contribution in [0.2, 0.25) is 0 Å². The van der Waals surface area contributed by atoms with Crippen LogP contribution in [0.25, 0.3) is 0 Å². The zero-order chi connectivity index (χ0) is 14.3. The van der Waals surface area contributed by atoms with Crippen LogP contribution in [0.4, 0.5) is 5.69 Å². The molecule has 0 unspecified atom stereocenters. The van der Waals surface area contributed by atoms with Crippen LogP contribution in [0.1, 0.15) is 31.4 Å². The van der Waals surface area contributed by atoms with Crippen LogP contribution >= 0.6 is 12.2 Å². The van der Waals surface area contributed by atoms with Crippen molar-refractivity contribution in [3.63, 3.8) is 0 Å². The van der Waals surface area contributed by atoms with Crippen LogP contribution in [-0.2, 0) is 0 Å². The van der Waals surface area contributed by atoms with E-state index in [1.165, 1.54) is 6.42 Å². The highest BCUT2D eigenvalue weighted by Crippen LogP contribution is 2.14. The number of benzene rings is 1. The van der Waals surface area contributed by atoms with Crippen molar-refractivity contribution in [1.29, 1.82) is 0 Å². The molecule has 0 atom stereocenters. The Balaban J connectivity index is 2.50. The number of nitrogens with zero attached hydrogens (tertiary/aromatic N) is 1. The van der Waals surface area contributed by atoms with Crippen molar-refractivity contribution >= 4 is 22.9 Å². The number of likely N-dealkylation sites (N-methyl/N-ethyl adjacent to an activating group) is 1. The van der Waals surface area contributed by atoms with Crippen molar-refractivity contribution in [2.24, 2.45) is 5.73 Å². The number of nitrogens with one attached hydrogen (secondary N) is 1. The van der Waals surface area contributed by atoms with Crippen LogP contribution in [0.3, 0.4) is 0 Å². The van der Waals surface area contributed by atoms with Crippen molar-refractivity contribution in [1.82, 2.24) is 4.90 Å². The van der Waals surface area contributed by atoms with E-state index in [1.807, 2.05) is 19.1 Å². The zero-order valence-corrected chi connectivity index (χ0v) is 13.0. The summed E-state index contributed by atoms with van der Waals surface area (Å²) in [5.41, 5.74) is 8.87. The zero-order valence-electron chi connectivity index (χ0n) is 12.2. The smallest absolute Gasteiger partial charge is 0.104 e. The summed E-state index contributed by atoms with van der Waals surface area (Å²) in [4.78, 5) is 2.91. The van der Waals surface area contributed by atoms with E-state index in [2.05, 4.69) is 30.1 Å². The summed E-state index contributed by atoms with van der Waals surface area (Å²) in [6.45, 7) is 10.8. The van der Waals surface area contributed by atoms with Crippen LogP contribution in [0, 0.1) is 6.92 Å². The standard InChI is InChI=1S/C15H25N3S/c1-4-9-18(5-2)10-8-17-13-6-7-14(15(16)19)12(3)11-13/h6-7,11,17H,4-5,8-10H2,1-3H3,(H2,16,19). The fourth-order valence-corrected chi connectivity index (χ4v) is 2.38. The molecule has 3 nitrogen and oxygen atoms in total. The van der Waals surface area contributed by atoms with Gasteiger partial charge < -0.3 is 16.0 Å². The van der Waals surface area contributed by atoms with E-state index in [4.69, 9.17) is 18.0 Å². The molecule has 0 saturated carbocycles. The maximum absolute atomic E-state index is 5.66. The summed E-state index contributed by atoms with van der Waals surface area (Å²) >= 11 is 5.01. The molecule has 0 heterocycles. The van der Waals surface area contributed by atoms with Gasteiger partial charge in [-0.25, -0.2) is 0 Å². The Morgan fingerprint density at radius 3 is 2.58 bits per heavy atom. The molecular weight excluding hydrogens is 254 g/mol. The highest BCUT2D eigenvalue weighted by molar-refractivity contribution is 7.80. The Kier molecular flexibility index (Phi) is 6.81. The van der Waals surface area contributed by atoms with E-state index in [9.17, 15) is 0 Å². The Bertz CT molecular complexity index is 418. The van der Waals surface area contributed by atoms with Crippen molar-refractivity contribution in [3.05, 3.63) is 29.3 Å². The fraction of sp³-hybridized carbons (Fsp3) is 0.533. The first-order chi connectivity index (χ1) is 9.08. The second-order valence-corrected chi connectivity index (χ2v) is 5.19. The molecule has 0 radical (unpaired) electrons. The molecule has 0 aliphatic rings. The topological polar surface area (TPSA) is 41.3 Å². The van der Waals surface area contributed by atoms with Gasteiger partial charge >= 0.3 is 0 Å². The van der Waals surface area contributed by atoms with Gasteiger partial charge in [0.15, 0.2) is 0 Å². The Morgan fingerprint density at radius 2 is 2.05 bits per heavy atom. The first-order valence-electron chi connectivity index (χ1n) is 6.95. The Morgan fingerprint density at radius 1 is 1.32 bits per heavy atom. The number of nitrogens with two attached hydrogens (primary N) is 1. The van der Waals surface area contributed by atoms with Crippen LogP contribution in [-0.4, -0.2) is 36.1 Å². The van der Waals surface area contributed by atoms with Crippen molar-refractivity contribution in [2.45, 2.75) is 27.2 Å². The summed E-state index contributed by atoms with van der Waals surface area (Å²) in [7, 11) is 0. The Hall–Kier alpha value is -1.13. The van der Waals surface area contributed by atoms with Crippen LogP contribution in [0.5, 0.6) is 0 Å². The van der Waals surface area contributed by atoms with E-state index in [0.29, 0.717) is 4.99 Å². The van der Waals surface area contributed by atoms with Crippen molar-refractivity contribution < 1.29 is 0 Å². The monoisotopic (exact) mass is 279 g/mol. The fourth-order valence-electron chi connectivity index (χ4n) is 2.15. The number of rotatable bonds is 8. The molecule has 0 saturated heterocycles. The number of hydrogen-bond acceptors (Lipinski definition) is 3. The number of aryl methyl sites for hydroxylation is 1. The SMILES string of the molecule is CCCN(CC)CCNc1ccc(C(N)=S)c(C)c1. The number of anilines is 1. The van der Waals surface area contributed by atoms with Gasteiger partial charge in [-0.3, -0.25) is 0 Å². The molecular formula is C15H25N3S. The number of hydrogen-bond donors (Lipinski definition) is 2. The lowest BCUT2D eigenvalue weighted by Crippen LogP contribution is -2.29. The predicted octanol–water partition coefficient (Wildman–Crippen LogP) is 2.77. The second kappa shape index (κ2) is 8.12. The van der Waals surface area contributed by atoms with Gasteiger partial charge in [0.25, 0.3) is 0 Å². The third-order valence-corrected chi connectivity index (χ3v) is 3.46. The van der Waals surface area contributed by atoms with Gasteiger partial charge in [0.1, 0.15) is 4.99 Å². The molecule has 1 aromatic carbocycles. The average molecular weight is 279 g/mol.